The molecule has 1 aliphatic carbocycles. The molecule has 3 heterocycles. The van der Waals surface area contributed by atoms with Gasteiger partial charge in [0.15, 0.2) is 0 Å². The minimum absolute atomic E-state index is 0.203. The summed E-state index contributed by atoms with van der Waals surface area (Å²) in [5.74, 6) is 1.30. The predicted molar refractivity (Wildman–Crippen MR) is 97.8 cm³/mol. The highest BCUT2D eigenvalue weighted by atomic mass is 16.2. The number of likely N-dealkylation sites (tertiary alicyclic amines) is 1. The van der Waals surface area contributed by atoms with Gasteiger partial charge in [0.1, 0.15) is 0 Å². The Kier molecular flexibility index (Phi) is 4.82. The van der Waals surface area contributed by atoms with Gasteiger partial charge in [0.05, 0.1) is 17.5 Å². The van der Waals surface area contributed by atoms with Crippen LogP contribution in [0, 0.1) is 5.92 Å². The molecule has 0 bridgehead atoms. The molecule has 25 heavy (non-hydrogen) atoms. The second-order valence-corrected chi connectivity index (χ2v) is 8.27. The highest BCUT2D eigenvalue weighted by Crippen LogP contribution is 2.42. The van der Waals surface area contributed by atoms with Crippen molar-refractivity contribution in [1.29, 1.82) is 0 Å². The van der Waals surface area contributed by atoms with E-state index >= 15 is 0 Å². The summed E-state index contributed by atoms with van der Waals surface area (Å²) in [6.45, 7) is 11.4. The average molecular weight is 345 g/mol. The molecule has 4 rings (SSSR count). The van der Waals surface area contributed by atoms with Crippen LogP contribution in [0.1, 0.15) is 55.1 Å². The number of piperazine rings is 1. The van der Waals surface area contributed by atoms with E-state index in [1.807, 2.05) is 6.20 Å². The van der Waals surface area contributed by atoms with Gasteiger partial charge < -0.3 is 10.2 Å². The molecule has 6 heteroatoms. The maximum Gasteiger partial charge on any atom is 0.257 e. The molecule has 0 radical (unpaired) electrons. The van der Waals surface area contributed by atoms with Crippen LogP contribution >= 0.6 is 0 Å². The zero-order chi connectivity index (χ0) is 17.4. The SMILES string of the molecule is CC(C)Cn1ncc(C(=O)N2CCC(N3CCNCC3)C2)c1C1CC1. The zero-order valence-electron chi connectivity index (χ0n) is 15.6. The lowest BCUT2D eigenvalue weighted by Gasteiger charge is -2.32. The summed E-state index contributed by atoms with van der Waals surface area (Å²) in [6.07, 6.45) is 5.34. The van der Waals surface area contributed by atoms with Crippen molar-refractivity contribution in [3.05, 3.63) is 17.5 Å². The summed E-state index contributed by atoms with van der Waals surface area (Å²) in [5.41, 5.74) is 2.06. The first-order chi connectivity index (χ1) is 12.1. The van der Waals surface area contributed by atoms with E-state index in [1.54, 1.807) is 0 Å². The minimum atomic E-state index is 0.203. The van der Waals surface area contributed by atoms with Gasteiger partial charge in [0.2, 0.25) is 0 Å². The van der Waals surface area contributed by atoms with Gasteiger partial charge in [-0.2, -0.15) is 5.10 Å². The van der Waals surface area contributed by atoms with Crippen LogP contribution in [-0.4, -0.2) is 70.8 Å². The fourth-order valence-corrected chi connectivity index (χ4v) is 4.28. The molecule has 3 aliphatic rings. The molecule has 1 N–H and O–H groups in total. The van der Waals surface area contributed by atoms with Gasteiger partial charge in [-0.25, -0.2) is 0 Å². The van der Waals surface area contributed by atoms with E-state index in [0.29, 0.717) is 17.9 Å². The Morgan fingerprint density at radius 3 is 2.68 bits per heavy atom. The average Bonchev–Trinajstić information content (AvgIpc) is 3.18. The Hall–Kier alpha value is -1.40. The van der Waals surface area contributed by atoms with Crippen molar-refractivity contribution in [3.8, 4) is 0 Å². The van der Waals surface area contributed by atoms with Gasteiger partial charge in [-0.3, -0.25) is 14.4 Å². The summed E-state index contributed by atoms with van der Waals surface area (Å²) in [6, 6.07) is 0.529. The van der Waals surface area contributed by atoms with Crippen molar-refractivity contribution in [2.75, 3.05) is 39.3 Å². The van der Waals surface area contributed by atoms with Gasteiger partial charge in [-0.15, -0.1) is 0 Å². The minimum Gasteiger partial charge on any atom is -0.337 e. The molecule has 0 spiro atoms. The van der Waals surface area contributed by atoms with Gasteiger partial charge in [0.25, 0.3) is 5.91 Å². The van der Waals surface area contributed by atoms with Gasteiger partial charge in [-0.05, 0) is 25.2 Å². The molecular weight excluding hydrogens is 314 g/mol. The second kappa shape index (κ2) is 7.08. The first kappa shape index (κ1) is 17.0. The molecule has 2 aliphatic heterocycles. The van der Waals surface area contributed by atoms with Crippen molar-refractivity contribution in [2.24, 2.45) is 5.92 Å². The van der Waals surface area contributed by atoms with Crippen LogP contribution in [-0.2, 0) is 6.54 Å². The lowest BCUT2D eigenvalue weighted by Crippen LogP contribution is -2.49. The largest absolute Gasteiger partial charge is 0.337 e. The highest BCUT2D eigenvalue weighted by Gasteiger charge is 2.36. The quantitative estimate of drug-likeness (QED) is 0.879. The Bertz CT molecular complexity index is 615. The van der Waals surface area contributed by atoms with E-state index in [9.17, 15) is 4.79 Å². The molecule has 2 saturated heterocycles. The van der Waals surface area contributed by atoms with Gasteiger partial charge >= 0.3 is 0 Å². The Morgan fingerprint density at radius 2 is 2.00 bits per heavy atom. The standard InChI is InChI=1S/C19H31N5O/c1-14(2)12-24-18(15-3-4-15)17(11-21-24)19(25)23-8-5-16(13-23)22-9-6-20-7-10-22/h11,14-16,20H,3-10,12-13H2,1-2H3. The maximum absolute atomic E-state index is 13.2. The van der Waals surface area contributed by atoms with Crippen molar-refractivity contribution < 1.29 is 4.79 Å². The number of nitrogens with zero attached hydrogens (tertiary/aromatic N) is 4. The van der Waals surface area contributed by atoms with E-state index in [4.69, 9.17) is 0 Å². The molecule has 0 aromatic carbocycles. The molecule has 1 aromatic rings. The number of aromatic nitrogens is 2. The van der Waals surface area contributed by atoms with E-state index in [2.05, 4.69) is 38.7 Å². The molecule has 1 saturated carbocycles. The van der Waals surface area contributed by atoms with Gasteiger partial charge in [-0.1, -0.05) is 13.8 Å². The van der Waals surface area contributed by atoms with E-state index in [1.165, 1.54) is 18.5 Å². The summed E-state index contributed by atoms with van der Waals surface area (Å²) in [5, 5.41) is 7.98. The molecule has 1 amide bonds. The second-order valence-electron chi connectivity index (χ2n) is 8.27. The van der Waals surface area contributed by atoms with Gasteiger partial charge in [0, 0.05) is 57.8 Å². The zero-order valence-corrected chi connectivity index (χ0v) is 15.6. The fourth-order valence-electron chi connectivity index (χ4n) is 4.28. The molecular formula is C19H31N5O. The van der Waals surface area contributed by atoms with Crippen LogP contribution in [0.4, 0.5) is 0 Å². The first-order valence-electron chi connectivity index (χ1n) is 9.93. The highest BCUT2D eigenvalue weighted by molar-refractivity contribution is 5.95. The summed E-state index contributed by atoms with van der Waals surface area (Å²) in [4.78, 5) is 17.8. The monoisotopic (exact) mass is 345 g/mol. The topological polar surface area (TPSA) is 53.4 Å². The molecule has 6 nitrogen and oxygen atoms in total. The number of amides is 1. The van der Waals surface area contributed by atoms with Crippen LogP contribution in [0.15, 0.2) is 6.20 Å². The van der Waals surface area contributed by atoms with E-state index < -0.39 is 0 Å². The number of nitrogens with one attached hydrogen (secondary N) is 1. The first-order valence-corrected chi connectivity index (χ1v) is 9.93. The number of carbonyl (C=O) groups is 1. The number of hydrogen-bond acceptors (Lipinski definition) is 4. The van der Waals surface area contributed by atoms with E-state index in [-0.39, 0.29) is 5.91 Å². The van der Waals surface area contributed by atoms with E-state index in [0.717, 1.165) is 57.8 Å². The summed E-state index contributed by atoms with van der Waals surface area (Å²) < 4.78 is 2.10. The lowest BCUT2D eigenvalue weighted by molar-refractivity contribution is 0.0772. The van der Waals surface area contributed by atoms with Crippen LogP contribution in [0.5, 0.6) is 0 Å². The lowest BCUT2D eigenvalue weighted by atomic mass is 10.1. The molecule has 1 unspecified atom stereocenters. The predicted octanol–water partition coefficient (Wildman–Crippen LogP) is 1.54. The summed E-state index contributed by atoms with van der Waals surface area (Å²) >= 11 is 0. The number of carbonyl (C=O) groups excluding carboxylic acids is 1. The molecule has 3 fully saturated rings. The van der Waals surface area contributed by atoms with Crippen molar-refractivity contribution in [3.63, 3.8) is 0 Å². The van der Waals surface area contributed by atoms with Crippen LogP contribution < -0.4 is 5.32 Å². The smallest absolute Gasteiger partial charge is 0.257 e. The summed E-state index contributed by atoms with van der Waals surface area (Å²) in [7, 11) is 0. The van der Waals surface area contributed by atoms with Crippen LogP contribution in [0.3, 0.4) is 0 Å². The Morgan fingerprint density at radius 1 is 1.24 bits per heavy atom. The van der Waals surface area contributed by atoms with Crippen LogP contribution in [0.2, 0.25) is 0 Å². The maximum atomic E-state index is 13.2. The van der Waals surface area contributed by atoms with Crippen molar-refractivity contribution in [1.82, 2.24) is 24.9 Å². The Balaban J connectivity index is 1.47. The third kappa shape index (κ3) is 3.60. The van der Waals surface area contributed by atoms with Crippen molar-refractivity contribution in [2.45, 2.75) is 51.6 Å². The molecule has 138 valence electrons. The third-order valence-electron chi connectivity index (χ3n) is 5.73. The molecule has 1 aromatic heterocycles. The van der Waals surface area contributed by atoms with Crippen LogP contribution in [0.25, 0.3) is 0 Å². The number of hydrogen-bond donors (Lipinski definition) is 1. The Labute approximate surface area is 150 Å². The molecule has 1 atom stereocenters. The normalized spacial score (nSPS) is 25.1. The third-order valence-corrected chi connectivity index (χ3v) is 5.73. The van der Waals surface area contributed by atoms with Crippen molar-refractivity contribution >= 4 is 5.91 Å². The fraction of sp³-hybridized carbons (Fsp3) is 0.789. The number of rotatable bonds is 5.